The molecule has 0 saturated heterocycles. The predicted octanol–water partition coefficient (Wildman–Crippen LogP) is 2.74. The highest BCUT2D eigenvalue weighted by atomic mass is 16.5. The summed E-state index contributed by atoms with van der Waals surface area (Å²) >= 11 is 0. The zero-order valence-corrected chi connectivity index (χ0v) is 15.3. The summed E-state index contributed by atoms with van der Waals surface area (Å²) < 4.78 is 10.4. The first-order chi connectivity index (χ1) is 12.4. The Balaban J connectivity index is 2.12. The van der Waals surface area contributed by atoms with Gasteiger partial charge < -0.3 is 20.1 Å². The summed E-state index contributed by atoms with van der Waals surface area (Å²) in [5.74, 6) is 0.665. The van der Waals surface area contributed by atoms with E-state index in [1.807, 2.05) is 13.8 Å². The smallest absolute Gasteiger partial charge is 0.274 e. The highest BCUT2D eigenvalue weighted by Gasteiger charge is 2.14. The van der Waals surface area contributed by atoms with Gasteiger partial charge in [0.25, 0.3) is 11.8 Å². The first-order valence-electron chi connectivity index (χ1n) is 8.23. The van der Waals surface area contributed by atoms with Gasteiger partial charge in [0.15, 0.2) is 11.5 Å². The number of hydrogen-bond acceptors (Lipinski definition) is 5. The van der Waals surface area contributed by atoms with Gasteiger partial charge in [-0.15, -0.1) is 0 Å². The highest BCUT2D eigenvalue weighted by Crippen LogP contribution is 2.29. The topological polar surface area (TPSA) is 89.5 Å². The Hall–Kier alpha value is -3.09. The van der Waals surface area contributed by atoms with Crippen LogP contribution in [-0.2, 0) is 0 Å². The van der Waals surface area contributed by atoms with Crippen molar-refractivity contribution in [2.24, 2.45) is 5.92 Å². The van der Waals surface area contributed by atoms with E-state index in [4.69, 9.17) is 9.47 Å². The van der Waals surface area contributed by atoms with E-state index in [1.54, 1.807) is 36.4 Å². The summed E-state index contributed by atoms with van der Waals surface area (Å²) in [5.41, 5.74) is 0.881. The van der Waals surface area contributed by atoms with Crippen LogP contribution < -0.4 is 20.1 Å². The van der Waals surface area contributed by atoms with E-state index in [0.717, 1.165) is 0 Å². The van der Waals surface area contributed by atoms with Gasteiger partial charge in [-0.05, 0) is 30.2 Å². The standard InChI is InChI=1S/C19H23N3O4/c1-12(2)11-20-18(23)14-6-5-7-15(22-14)19(24)21-13-8-9-16(25-3)17(10-13)26-4/h5-10,12H,11H2,1-4H3,(H,20,23)(H,21,24). The molecule has 0 saturated carbocycles. The van der Waals surface area contributed by atoms with Gasteiger partial charge in [-0.3, -0.25) is 9.59 Å². The maximum atomic E-state index is 12.4. The lowest BCUT2D eigenvalue weighted by molar-refractivity contribution is 0.0944. The lowest BCUT2D eigenvalue weighted by Crippen LogP contribution is -2.28. The number of rotatable bonds is 7. The van der Waals surface area contributed by atoms with E-state index in [2.05, 4.69) is 15.6 Å². The molecule has 0 fully saturated rings. The Morgan fingerprint density at radius 3 is 2.27 bits per heavy atom. The molecule has 0 aliphatic rings. The third kappa shape index (κ3) is 4.95. The lowest BCUT2D eigenvalue weighted by atomic mass is 10.2. The molecule has 2 rings (SSSR count). The van der Waals surface area contributed by atoms with Crippen molar-refractivity contribution in [1.82, 2.24) is 10.3 Å². The minimum absolute atomic E-state index is 0.150. The van der Waals surface area contributed by atoms with Gasteiger partial charge in [0.05, 0.1) is 14.2 Å². The molecule has 26 heavy (non-hydrogen) atoms. The Morgan fingerprint density at radius 1 is 1.00 bits per heavy atom. The second-order valence-corrected chi connectivity index (χ2v) is 6.04. The van der Waals surface area contributed by atoms with Crippen LogP contribution >= 0.6 is 0 Å². The molecular weight excluding hydrogens is 334 g/mol. The van der Waals surface area contributed by atoms with Gasteiger partial charge in [0.1, 0.15) is 11.4 Å². The van der Waals surface area contributed by atoms with E-state index in [1.165, 1.54) is 14.2 Å². The fraction of sp³-hybridized carbons (Fsp3) is 0.316. The molecule has 0 aliphatic carbocycles. The zero-order valence-electron chi connectivity index (χ0n) is 15.3. The number of pyridine rings is 1. The van der Waals surface area contributed by atoms with Crippen molar-refractivity contribution in [3.63, 3.8) is 0 Å². The average Bonchev–Trinajstić information content (AvgIpc) is 2.65. The summed E-state index contributed by atoms with van der Waals surface area (Å²) in [5, 5.41) is 5.51. The summed E-state index contributed by atoms with van der Waals surface area (Å²) in [4.78, 5) is 28.7. The number of nitrogens with one attached hydrogen (secondary N) is 2. The zero-order chi connectivity index (χ0) is 19.1. The molecule has 7 nitrogen and oxygen atoms in total. The number of carbonyl (C=O) groups excluding carboxylic acids is 2. The third-order valence-corrected chi connectivity index (χ3v) is 3.53. The molecule has 0 bridgehead atoms. The molecule has 0 unspecified atom stereocenters. The number of hydrogen-bond donors (Lipinski definition) is 2. The summed E-state index contributed by atoms with van der Waals surface area (Å²) in [7, 11) is 3.06. The Kier molecular flexibility index (Phi) is 6.54. The molecule has 0 spiro atoms. The second-order valence-electron chi connectivity index (χ2n) is 6.04. The number of methoxy groups -OCH3 is 2. The highest BCUT2D eigenvalue weighted by molar-refractivity contribution is 6.04. The van der Waals surface area contributed by atoms with Crippen LogP contribution in [0.1, 0.15) is 34.8 Å². The Morgan fingerprint density at radius 2 is 1.65 bits per heavy atom. The van der Waals surface area contributed by atoms with E-state index < -0.39 is 5.91 Å². The molecular formula is C19H23N3O4. The first kappa shape index (κ1) is 19.2. The molecule has 0 atom stereocenters. The summed E-state index contributed by atoms with van der Waals surface area (Å²) in [6.07, 6.45) is 0. The largest absolute Gasteiger partial charge is 0.493 e. The molecule has 2 aromatic rings. The number of aromatic nitrogens is 1. The summed E-state index contributed by atoms with van der Waals surface area (Å²) in [6.45, 7) is 4.55. The fourth-order valence-electron chi connectivity index (χ4n) is 2.18. The van der Waals surface area contributed by atoms with Crippen molar-refractivity contribution in [3.05, 3.63) is 47.8 Å². The van der Waals surface area contributed by atoms with E-state index in [0.29, 0.717) is 29.6 Å². The number of amides is 2. The SMILES string of the molecule is COc1ccc(NC(=O)c2cccc(C(=O)NCC(C)C)n2)cc1OC. The van der Waals surface area contributed by atoms with Crippen LogP contribution in [0.3, 0.4) is 0 Å². The van der Waals surface area contributed by atoms with Gasteiger partial charge >= 0.3 is 0 Å². The Bertz CT molecular complexity index is 790. The van der Waals surface area contributed by atoms with Crippen molar-refractivity contribution in [2.75, 3.05) is 26.1 Å². The number of ether oxygens (including phenoxy) is 2. The van der Waals surface area contributed by atoms with Crippen molar-refractivity contribution in [2.45, 2.75) is 13.8 Å². The number of nitrogens with zero attached hydrogens (tertiary/aromatic N) is 1. The molecule has 2 amide bonds. The Labute approximate surface area is 152 Å². The third-order valence-electron chi connectivity index (χ3n) is 3.53. The summed E-state index contributed by atoms with van der Waals surface area (Å²) in [6, 6.07) is 9.78. The van der Waals surface area contributed by atoms with Gasteiger partial charge in [-0.25, -0.2) is 4.98 Å². The minimum atomic E-state index is -0.421. The van der Waals surface area contributed by atoms with Crippen LogP contribution in [-0.4, -0.2) is 37.6 Å². The van der Waals surface area contributed by atoms with Gasteiger partial charge in [0.2, 0.25) is 0 Å². The monoisotopic (exact) mass is 357 g/mol. The average molecular weight is 357 g/mol. The maximum Gasteiger partial charge on any atom is 0.274 e. The van der Waals surface area contributed by atoms with Gasteiger partial charge in [-0.1, -0.05) is 19.9 Å². The molecule has 0 radical (unpaired) electrons. The van der Waals surface area contributed by atoms with Crippen molar-refractivity contribution in [3.8, 4) is 11.5 Å². The minimum Gasteiger partial charge on any atom is -0.493 e. The van der Waals surface area contributed by atoms with Crippen LogP contribution in [0.2, 0.25) is 0 Å². The van der Waals surface area contributed by atoms with E-state index in [-0.39, 0.29) is 17.3 Å². The van der Waals surface area contributed by atoms with Crippen LogP contribution in [0.25, 0.3) is 0 Å². The number of anilines is 1. The molecule has 1 heterocycles. The fourth-order valence-corrected chi connectivity index (χ4v) is 2.18. The second kappa shape index (κ2) is 8.84. The van der Waals surface area contributed by atoms with Crippen LogP contribution in [0.5, 0.6) is 11.5 Å². The normalized spacial score (nSPS) is 10.3. The van der Waals surface area contributed by atoms with E-state index >= 15 is 0 Å². The lowest BCUT2D eigenvalue weighted by Gasteiger charge is -2.11. The van der Waals surface area contributed by atoms with Crippen molar-refractivity contribution < 1.29 is 19.1 Å². The molecule has 1 aromatic heterocycles. The first-order valence-corrected chi connectivity index (χ1v) is 8.23. The van der Waals surface area contributed by atoms with Crippen molar-refractivity contribution in [1.29, 1.82) is 0 Å². The predicted molar refractivity (Wildman–Crippen MR) is 98.9 cm³/mol. The number of carbonyl (C=O) groups is 2. The maximum absolute atomic E-state index is 12.4. The molecule has 138 valence electrons. The molecule has 2 N–H and O–H groups in total. The molecule has 0 aliphatic heterocycles. The van der Waals surface area contributed by atoms with Gasteiger partial charge in [-0.2, -0.15) is 0 Å². The van der Waals surface area contributed by atoms with Gasteiger partial charge in [0, 0.05) is 18.3 Å². The number of benzene rings is 1. The quantitative estimate of drug-likeness (QED) is 0.795. The van der Waals surface area contributed by atoms with Crippen LogP contribution in [0.4, 0.5) is 5.69 Å². The van der Waals surface area contributed by atoms with Crippen molar-refractivity contribution >= 4 is 17.5 Å². The van der Waals surface area contributed by atoms with E-state index in [9.17, 15) is 9.59 Å². The van der Waals surface area contributed by atoms with Crippen LogP contribution in [0.15, 0.2) is 36.4 Å². The molecule has 7 heteroatoms. The molecule has 1 aromatic carbocycles. The van der Waals surface area contributed by atoms with Crippen LogP contribution in [0, 0.1) is 5.92 Å².